The second-order valence-corrected chi connectivity index (χ2v) is 9.21. The molecular formula is C26H26F3N7O3. The molecule has 13 heteroatoms. The lowest BCUT2D eigenvalue weighted by Crippen LogP contribution is -2.43. The number of piperidine rings is 1. The number of carbonyl (C=O) groups excluding carboxylic acids is 1. The van der Waals surface area contributed by atoms with Crippen LogP contribution in [0.1, 0.15) is 47.7 Å². The lowest BCUT2D eigenvalue weighted by atomic mass is 10.0. The fraction of sp³-hybridized carbons (Fsp3) is 0.346. The number of fused-ring (bicyclic) bond motifs is 1. The first-order chi connectivity index (χ1) is 18.7. The van der Waals surface area contributed by atoms with E-state index in [1.165, 1.54) is 19.2 Å². The normalized spacial score (nSPS) is 15.4. The van der Waals surface area contributed by atoms with Gasteiger partial charge in [0.05, 0.1) is 13.2 Å². The van der Waals surface area contributed by atoms with Crippen molar-refractivity contribution >= 4 is 22.8 Å². The number of aromatic nitrogens is 4. The molecule has 1 aromatic carbocycles. The van der Waals surface area contributed by atoms with Gasteiger partial charge >= 0.3 is 6.18 Å². The van der Waals surface area contributed by atoms with E-state index in [-0.39, 0.29) is 40.6 Å². The highest BCUT2D eigenvalue weighted by Gasteiger charge is 2.34. The van der Waals surface area contributed by atoms with Gasteiger partial charge < -0.3 is 25.1 Å². The van der Waals surface area contributed by atoms with Gasteiger partial charge in [-0.15, -0.1) is 0 Å². The molecule has 1 unspecified atom stereocenters. The zero-order chi connectivity index (χ0) is 27.7. The van der Waals surface area contributed by atoms with E-state index in [1.54, 1.807) is 36.4 Å². The highest BCUT2D eigenvalue weighted by Crippen LogP contribution is 2.37. The van der Waals surface area contributed by atoms with Crippen LogP contribution in [0.5, 0.6) is 5.75 Å². The Hall–Kier alpha value is -4.26. The number of likely N-dealkylation sites (tertiary alicyclic amines) is 1. The van der Waals surface area contributed by atoms with Crippen LogP contribution < -0.4 is 15.8 Å². The lowest BCUT2D eigenvalue weighted by Gasteiger charge is -2.32. The Morgan fingerprint density at radius 1 is 1.15 bits per heavy atom. The van der Waals surface area contributed by atoms with Crippen molar-refractivity contribution in [2.24, 2.45) is 5.73 Å². The van der Waals surface area contributed by atoms with Crippen molar-refractivity contribution in [1.29, 1.82) is 0 Å². The van der Waals surface area contributed by atoms with Crippen molar-refractivity contribution in [3.8, 4) is 17.2 Å². The number of hydrogen-bond donors (Lipinski definition) is 2. The topological polar surface area (TPSA) is 132 Å². The Balaban J connectivity index is 1.43. The lowest BCUT2D eigenvalue weighted by molar-refractivity contribution is -0.140. The number of amides is 1. The fourth-order valence-corrected chi connectivity index (χ4v) is 4.54. The molecule has 1 fully saturated rings. The number of oxazole rings is 1. The molecule has 0 saturated carbocycles. The monoisotopic (exact) mass is 541 g/mol. The minimum atomic E-state index is -4.63. The fourth-order valence-electron chi connectivity index (χ4n) is 4.54. The Kier molecular flexibility index (Phi) is 7.08. The summed E-state index contributed by atoms with van der Waals surface area (Å²) in [6.07, 6.45) is 0.0417. The smallest absolute Gasteiger partial charge is 0.433 e. The average Bonchev–Trinajstić information content (AvgIpc) is 3.38. The van der Waals surface area contributed by atoms with Crippen LogP contribution in [0.25, 0.3) is 22.4 Å². The van der Waals surface area contributed by atoms with Crippen LogP contribution in [0.4, 0.5) is 19.1 Å². The summed E-state index contributed by atoms with van der Waals surface area (Å²) >= 11 is 0. The number of methoxy groups -OCH3 is 1. The SMILES string of the molecule is COc1ccc(-c2nc(C(=O)N3CCC(Nc4ncccn4)CC3)c(C(C)N)o2)c2ccc(C(F)(F)F)nc12. The van der Waals surface area contributed by atoms with Crippen molar-refractivity contribution in [2.75, 3.05) is 25.5 Å². The molecule has 0 aliphatic carbocycles. The molecule has 5 rings (SSSR count). The number of benzene rings is 1. The molecule has 0 bridgehead atoms. The van der Waals surface area contributed by atoms with E-state index in [0.29, 0.717) is 42.8 Å². The second kappa shape index (κ2) is 10.5. The second-order valence-electron chi connectivity index (χ2n) is 9.21. The number of anilines is 1. The van der Waals surface area contributed by atoms with Gasteiger partial charge in [0.15, 0.2) is 11.5 Å². The van der Waals surface area contributed by atoms with Crippen LogP contribution in [-0.2, 0) is 6.18 Å². The molecule has 1 aliphatic rings. The number of halogens is 3. The summed E-state index contributed by atoms with van der Waals surface area (Å²) < 4.78 is 51.1. The van der Waals surface area contributed by atoms with Crippen LogP contribution in [0.15, 0.2) is 47.1 Å². The first-order valence-corrected chi connectivity index (χ1v) is 12.3. The summed E-state index contributed by atoms with van der Waals surface area (Å²) in [5, 5.41) is 3.60. The van der Waals surface area contributed by atoms with Crippen LogP contribution in [0, 0.1) is 0 Å². The van der Waals surface area contributed by atoms with Gasteiger partial charge in [-0.3, -0.25) is 4.79 Å². The zero-order valence-corrected chi connectivity index (χ0v) is 21.2. The predicted octanol–water partition coefficient (Wildman–Crippen LogP) is 4.44. The Labute approximate surface area is 221 Å². The van der Waals surface area contributed by atoms with Crippen molar-refractivity contribution in [3.05, 3.63) is 59.9 Å². The third-order valence-corrected chi connectivity index (χ3v) is 6.51. The van der Waals surface area contributed by atoms with Gasteiger partial charge in [0, 0.05) is 42.5 Å². The number of ether oxygens (including phenoxy) is 1. The number of nitrogens with two attached hydrogens (primary N) is 1. The van der Waals surface area contributed by atoms with E-state index in [4.69, 9.17) is 14.9 Å². The molecule has 1 amide bonds. The molecule has 1 saturated heterocycles. The molecule has 3 aromatic heterocycles. The summed E-state index contributed by atoms with van der Waals surface area (Å²) in [5.74, 6) is 0.607. The quantitative estimate of drug-likeness (QED) is 0.363. The van der Waals surface area contributed by atoms with Crippen molar-refractivity contribution in [3.63, 3.8) is 0 Å². The molecule has 1 aliphatic heterocycles. The first kappa shape index (κ1) is 26.4. The number of rotatable bonds is 6. The largest absolute Gasteiger partial charge is 0.494 e. The maximum atomic E-state index is 13.5. The van der Waals surface area contributed by atoms with E-state index in [2.05, 4.69) is 25.3 Å². The van der Waals surface area contributed by atoms with Gasteiger partial charge in [0.25, 0.3) is 5.91 Å². The van der Waals surface area contributed by atoms with Crippen molar-refractivity contribution in [1.82, 2.24) is 24.8 Å². The molecule has 39 heavy (non-hydrogen) atoms. The van der Waals surface area contributed by atoms with E-state index < -0.39 is 17.9 Å². The van der Waals surface area contributed by atoms with Crippen molar-refractivity contribution in [2.45, 2.75) is 38.0 Å². The molecular weight excluding hydrogens is 515 g/mol. The molecule has 204 valence electrons. The minimum absolute atomic E-state index is 0.00443. The number of alkyl halides is 3. The van der Waals surface area contributed by atoms with Gasteiger partial charge in [0.1, 0.15) is 17.0 Å². The molecule has 4 aromatic rings. The third kappa shape index (κ3) is 5.35. The standard InChI is InChI=1S/C26H26F3N7O3/c1-14(30)22-21(24(37)36-12-8-15(9-13-36)33-25-31-10-3-11-32-25)35-23(39-22)17-4-6-18(38-2)20-16(17)5-7-19(34-20)26(27,28)29/h3-7,10-11,14-15H,8-9,12-13,30H2,1-2H3,(H,31,32,33). The maximum Gasteiger partial charge on any atom is 0.433 e. The third-order valence-electron chi connectivity index (χ3n) is 6.51. The average molecular weight is 542 g/mol. The van der Waals surface area contributed by atoms with Gasteiger partial charge in [-0.1, -0.05) is 0 Å². The van der Waals surface area contributed by atoms with Crippen LogP contribution in [0.3, 0.4) is 0 Å². The van der Waals surface area contributed by atoms with E-state index in [0.717, 1.165) is 6.07 Å². The predicted molar refractivity (Wildman–Crippen MR) is 136 cm³/mol. The summed E-state index contributed by atoms with van der Waals surface area (Å²) in [4.78, 5) is 31.8. The van der Waals surface area contributed by atoms with E-state index >= 15 is 0 Å². The zero-order valence-electron chi connectivity index (χ0n) is 21.2. The number of pyridine rings is 1. The molecule has 0 radical (unpaired) electrons. The molecule has 0 spiro atoms. The van der Waals surface area contributed by atoms with Gasteiger partial charge in [-0.05, 0) is 50.1 Å². The summed E-state index contributed by atoms with van der Waals surface area (Å²) in [6, 6.07) is 6.44. The van der Waals surface area contributed by atoms with E-state index in [9.17, 15) is 18.0 Å². The molecule has 1 atom stereocenters. The molecule has 4 heterocycles. The molecule has 3 N–H and O–H groups in total. The number of carbonyl (C=O) groups is 1. The summed E-state index contributed by atoms with van der Waals surface area (Å²) in [6.45, 7) is 2.61. The number of hydrogen-bond acceptors (Lipinski definition) is 9. The van der Waals surface area contributed by atoms with Gasteiger partial charge in [-0.25, -0.2) is 19.9 Å². The van der Waals surface area contributed by atoms with Gasteiger partial charge in [-0.2, -0.15) is 13.2 Å². The number of nitrogens with zero attached hydrogens (tertiary/aromatic N) is 5. The van der Waals surface area contributed by atoms with Crippen LogP contribution in [-0.4, -0.2) is 57.0 Å². The molecule has 10 nitrogen and oxygen atoms in total. The Bertz CT molecular complexity index is 1480. The number of nitrogens with one attached hydrogen (secondary N) is 1. The van der Waals surface area contributed by atoms with Crippen molar-refractivity contribution < 1.29 is 27.1 Å². The van der Waals surface area contributed by atoms with Crippen LogP contribution >= 0.6 is 0 Å². The first-order valence-electron chi connectivity index (χ1n) is 12.3. The van der Waals surface area contributed by atoms with Crippen LogP contribution in [0.2, 0.25) is 0 Å². The highest BCUT2D eigenvalue weighted by atomic mass is 19.4. The Morgan fingerprint density at radius 2 is 1.87 bits per heavy atom. The maximum absolute atomic E-state index is 13.5. The summed E-state index contributed by atoms with van der Waals surface area (Å²) in [7, 11) is 1.35. The Morgan fingerprint density at radius 3 is 2.51 bits per heavy atom. The van der Waals surface area contributed by atoms with Gasteiger partial charge in [0.2, 0.25) is 11.8 Å². The summed E-state index contributed by atoms with van der Waals surface area (Å²) in [5.41, 5.74) is 5.49. The minimum Gasteiger partial charge on any atom is -0.494 e. The van der Waals surface area contributed by atoms with E-state index in [1.807, 2.05) is 0 Å². The highest BCUT2D eigenvalue weighted by molar-refractivity contribution is 5.98.